The number of alkyl carbamates (subject to hydrolysis) is 1. The molecular weight excluding hydrogens is 280 g/mol. The van der Waals surface area contributed by atoms with Crippen LogP contribution in [0.25, 0.3) is 0 Å². The Kier molecular flexibility index (Phi) is 7.17. The molecule has 22 heavy (non-hydrogen) atoms. The van der Waals surface area contributed by atoms with E-state index in [9.17, 15) is 9.59 Å². The Balaban J connectivity index is 2.33. The molecule has 2 amide bonds. The smallest absolute Gasteiger partial charge is 0.408 e. The van der Waals surface area contributed by atoms with Crippen molar-refractivity contribution in [2.75, 3.05) is 13.6 Å². The summed E-state index contributed by atoms with van der Waals surface area (Å²) in [7, 11) is 1.80. The molecule has 1 saturated carbocycles. The molecule has 0 aliphatic heterocycles. The van der Waals surface area contributed by atoms with Gasteiger partial charge in [0.05, 0.1) is 0 Å². The first-order valence-electron chi connectivity index (χ1n) is 8.43. The fraction of sp³-hybridized carbons (Fsp3) is 0.882. The Morgan fingerprint density at radius 3 is 2.36 bits per heavy atom. The predicted molar refractivity (Wildman–Crippen MR) is 87.7 cm³/mol. The summed E-state index contributed by atoms with van der Waals surface area (Å²) in [6.07, 6.45) is 7.07. The van der Waals surface area contributed by atoms with Gasteiger partial charge in [-0.15, -0.1) is 0 Å². The number of carbonyl (C=O) groups is 2. The molecule has 128 valence electrons. The molecule has 1 N–H and O–H groups in total. The van der Waals surface area contributed by atoms with Crippen molar-refractivity contribution in [1.82, 2.24) is 10.2 Å². The largest absolute Gasteiger partial charge is 0.444 e. The molecule has 1 fully saturated rings. The van der Waals surface area contributed by atoms with Crippen LogP contribution in [-0.2, 0) is 9.53 Å². The molecule has 5 nitrogen and oxygen atoms in total. The number of amides is 2. The van der Waals surface area contributed by atoms with Crippen LogP contribution in [0.3, 0.4) is 0 Å². The highest BCUT2D eigenvalue weighted by molar-refractivity contribution is 5.85. The van der Waals surface area contributed by atoms with Crippen LogP contribution in [-0.4, -0.2) is 42.1 Å². The van der Waals surface area contributed by atoms with E-state index in [1.807, 2.05) is 0 Å². The van der Waals surface area contributed by atoms with Crippen molar-refractivity contribution in [3.05, 3.63) is 0 Å². The van der Waals surface area contributed by atoms with Crippen molar-refractivity contribution in [1.29, 1.82) is 0 Å². The molecule has 5 heteroatoms. The van der Waals surface area contributed by atoms with Crippen LogP contribution in [0.1, 0.15) is 66.2 Å². The number of hydrogen-bond acceptors (Lipinski definition) is 3. The van der Waals surface area contributed by atoms with Crippen LogP contribution in [0, 0.1) is 5.92 Å². The molecule has 1 aliphatic carbocycles. The highest BCUT2D eigenvalue weighted by Gasteiger charge is 2.23. The van der Waals surface area contributed by atoms with Crippen molar-refractivity contribution in [2.24, 2.45) is 5.92 Å². The lowest BCUT2D eigenvalue weighted by atomic mass is 9.87. The predicted octanol–water partition coefficient (Wildman–Crippen LogP) is 3.33. The summed E-state index contributed by atoms with van der Waals surface area (Å²) in [5.41, 5.74) is -0.556. The van der Waals surface area contributed by atoms with Crippen LogP contribution in [0.15, 0.2) is 0 Å². The fourth-order valence-electron chi connectivity index (χ4n) is 2.84. The summed E-state index contributed by atoms with van der Waals surface area (Å²) in [5.74, 6) is 0.680. The lowest BCUT2D eigenvalue weighted by molar-refractivity contribution is -0.131. The Hall–Kier alpha value is -1.26. The molecule has 1 aliphatic rings. The van der Waals surface area contributed by atoms with Crippen LogP contribution < -0.4 is 5.32 Å². The maximum absolute atomic E-state index is 12.3. The second kappa shape index (κ2) is 8.39. The summed E-state index contributed by atoms with van der Waals surface area (Å²) in [5, 5.41) is 2.60. The third-order valence-corrected chi connectivity index (χ3v) is 4.08. The normalized spacial score (nSPS) is 17.7. The second-order valence-corrected chi connectivity index (χ2v) is 7.42. The lowest BCUT2D eigenvalue weighted by Crippen LogP contribution is -2.47. The number of ether oxygens (including phenoxy) is 1. The molecule has 0 bridgehead atoms. The van der Waals surface area contributed by atoms with Gasteiger partial charge in [0.25, 0.3) is 0 Å². The van der Waals surface area contributed by atoms with Crippen molar-refractivity contribution >= 4 is 12.0 Å². The average molecular weight is 312 g/mol. The topological polar surface area (TPSA) is 58.6 Å². The SMILES string of the molecule is C[C@@H](NC(=O)OC(C)(C)C)C(=O)N(C)CCC1CCCCC1. The zero-order valence-corrected chi connectivity index (χ0v) is 14.8. The van der Waals surface area contributed by atoms with Gasteiger partial charge in [0.1, 0.15) is 11.6 Å². The van der Waals surface area contributed by atoms with Gasteiger partial charge in [-0.2, -0.15) is 0 Å². The minimum Gasteiger partial charge on any atom is -0.444 e. The highest BCUT2D eigenvalue weighted by atomic mass is 16.6. The summed E-state index contributed by atoms with van der Waals surface area (Å²) in [6.45, 7) is 7.85. The van der Waals surface area contributed by atoms with Crippen LogP contribution in [0.5, 0.6) is 0 Å². The van der Waals surface area contributed by atoms with Crippen LogP contribution in [0.2, 0.25) is 0 Å². The molecular formula is C17H32N2O3. The molecule has 0 aromatic rings. The lowest BCUT2D eigenvalue weighted by Gasteiger charge is -2.27. The Morgan fingerprint density at radius 1 is 1.23 bits per heavy atom. The first kappa shape index (κ1) is 18.8. The quantitative estimate of drug-likeness (QED) is 0.847. The highest BCUT2D eigenvalue weighted by Crippen LogP contribution is 2.26. The Bertz CT molecular complexity index is 371. The monoisotopic (exact) mass is 312 g/mol. The van der Waals surface area contributed by atoms with E-state index in [1.54, 1.807) is 39.6 Å². The maximum Gasteiger partial charge on any atom is 0.408 e. The number of carbonyl (C=O) groups excluding carboxylic acids is 2. The van der Waals surface area contributed by atoms with Gasteiger partial charge in [-0.05, 0) is 40.0 Å². The van der Waals surface area contributed by atoms with E-state index < -0.39 is 17.7 Å². The Labute approximate surface area is 134 Å². The van der Waals surface area contributed by atoms with Gasteiger partial charge in [-0.3, -0.25) is 4.79 Å². The van der Waals surface area contributed by atoms with Gasteiger partial charge in [0.15, 0.2) is 0 Å². The summed E-state index contributed by atoms with van der Waals surface area (Å²) in [6, 6.07) is -0.564. The fourth-order valence-corrected chi connectivity index (χ4v) is 2.84. The third kappa shape index (κ3) is 7.14. The van der Waals surface area contributed by atoms with Gasteiger partial charge < -0.3 is 15.0 Å². The van der Waals surface area contributed by atoms with Crippen molar-refractivity contribution in [3.63, 3.8) is 0 Å². The molecule has 0 aromatic heterocycles. The number of rotatable bonds is 5. The molecule has 0 heterocycles. The Morgan fingerprint density at radius 2 is 1.82 bits per heavy atom. The standard InChI is InChI=1S/C17H32N2O3/c1-13(18-16(21)22-17(2,3)4)15(20)19(5)12-11-14-9-7-6-8-10-14/h13-14H,6-12H2,1-5H3,(H,18,21)/t13-/m1/s1. The first-order valence-corrected chi connectivity index (χ1v) is 8.43. The number of likely N-dealkylation sites (N-methyl/N-ethyl adjacent to an activating group) is 1. The zero-order chi connectivity index (χ0) is 16.8. The van der Waals surface area contributed by atoms with Crippen molar-refractivity contribution in [3.8, 4) is 0 Å². The van der Waals surface area contributed by atoms with Gasteiger partial charge >= 0.3 is 6.09 Å². The number of nitrogens with one attached hydrogen (secondary N) is 1. The van der Waals surface area contributed by atoms with E-state index in [2.05, 4.69) is 5.32 Å². The van der Waals surface area contributed by atoms with E-state index in [4.69, 9.17) is 4.74 Å². The maximum atomic E-state index is 12.3. The number of hydrogen-bond donors (Lipinski definition) is 1. The molecule has 1 atom stereocenters. The molecule has 0 spiro atoms. The summed E-state index contributed by atoms with van der Waals surface area (Å²) >= 11 is 0. The zero-order valence-electron chi connectivity index (χ0n) is 14.8. The van der Waals surface area contributed by atoms with Crippen LogP contribution >= 0.6 is 0 Å². The summed E-state index contributed by atoms with van der Waals surface area (Å²) < 4.78 is 5.17. The molecule has 0 radical (unpaired) electrons. The number of nitrogens with zero attached hydrogens (tertiary/aromatic N) is 1. The van der Waals surface area contributed by atoms with E-state index in [0.29, 0.717) is 0 Å². The second-order valence-electron chi connectivity index (χ2n) is 7.42. The third-order valence-electron chi connectivity index (χ3n) is 4.08. The minimum absolute atomic E-state index is 0.0679. The first-order chi connectivity index (χ1) is 10.2. The van der Waals surface area contributed by atoms with E-state index in [-0.39, 0.29) is 5.91 Å². The van der Waals surface area contributed by atoms with Gasteiger partial charge in [0.2, 0.25) is 5.91 Å². The molecule has 0 unspecified atom stereocenters. The van der Waals surface area contributed by atoms with Gasteiger partial charge in [-0.1, -0.05) is 32.1 Å². The molecule has 1 rings (SSSR count). The molecule has 0 aromatic carbocycles. The van der Waals surface area contributed by atoms with Crippen molar-refractivity contribution in [2.45, 2.75) is 77.9 Å². The minimum atomic E-state index is -0.564. The van der Waals surface area contributed by atoms with Gasteiger partial charge in [-0.25, -0.2) is 4.79 Å². The van der Waals surface area contributed by atoms with Gasteiger partial charge in [0, 0.05) is 13.6 Å². The summed E-state index contributed by atoms with van der Waals surface area (Å²) in [4.78, 5) is 25.7. The van der Waals surface area contributed by atoms with E-state index in [1.165, 1.54) is 32.1 Å². The molecule has 0 saturated heterocycles. The van der Waals surface area contributed by atoms with Crippen LogP contribution in [0.4, 0.5) is 4.79 Å². The van der Waals surface area contributed by atoms with E-state index in [0.717, 1.165) is 18.9 Å². The van der Waals surface area contributed by atoms with E-state index >= 15 is 0 Å². The van der Waals surface area contributed by atoms with Crippen molar-refractivity contribution < 1.29 is 14.3 Å². The average Bonchev–Trinajstić information content (AvgIpc) is 2.42.